The molecule has 1 N–H and O–H groups in total. The Kier molecular flexibility index (Phi) is 2.52. The fraction of sp³-hybridized carbons (Fsp3) is 0.538. The number of fused-ring (bicyclic) bond motifs is 1. The van der Waals surface area contributed by atoms with Gasteiger partial charge in [0.2, 0.25) is 0 Å². The van der Waals surface area contributed by atoms with Crippen LogP contribution in [0.15, 0.2) is 6.07 Å². The molecule has 3 heterocycles. The van der Waals surface area contributed by atoms with Crippen molar-refractivity contribution in [1.29, 1.82) is 0 Å². The molecule has 5 heteroatoms. The molecular weight excluding hydrogens is 250 g/mol. The van der Waals surface area contributed by atoms with Crippen LogP contribution in [0.3, 0.4) is 0 Å². The zero-order valence-corrected chi connectivity index (χ0v) is 11.3. The van der Waals surface area contributed by atoms with Gasteiger partial charge in [-0.05, 0) is 32.8 Å². The third-order valence-electron chi connectivity index (χ3n) is 3.91. The van der Waals surface area contributed by atoms with E-state index in [0.717, 1.165) is 30.8 Å². The van der Waals surface area contributed by atoms with Crippen molar-refractivity contribution in [3.63, 3.8) is 0 Å². The van der Waals surface area contributed by atoms with E-state index in [1.165, 1.54) is 0 Å². The highest BCUT2D eigenvalue weighted by atomic mass is 35.5. The second kappa shape index (κ2) is 3.85. The van der Waals surface area contributed by atoms with Gasteiger partial charge in [-0.15, -0.1) is 0 Å². The molecule has 1 fully saturated rings. The van der Waals surface area contributed by atoms with Crippen LogP contribution >= 0.6 is 11.6 Å². The minimum absolute atomic E-state index is 0.0486. The van der Waals surface area contributed by atoms with E-state index in [4.69, 9.17) is 11.6 Å². The molecule has 0 saturated carbocycles. The van der Waals surface area contributed by atoms with E-state index in [0.29, 0.717) is 17.3 Å². The van der Waals surface area contributed by atoms with Gasteiger partial charge in [-0.3, -0.25) is 4.79 Å². The molecule has 0 spiro atoms. The van der Waals surface area contributed by atoms with E-state index in [2.05, 4.69) is 29.0 Å². The summed E-state index contributed by atoms with van der Waals surface area (Å²) in [5.41, 5.74) is 1.58. The molecule has 1 aromatic heterocycles. The van der Waals surface area contributed by atoms with Gasteiger partial charge < -0.3 is 10.2 Å². The van der Waals surface area contributed by atoms with Crippen molar-refractivity contribution in [3.05, 3.63) is 22.3 Å². The smallest absolute Gasteiger partial charge is 0.252 e. The summed E-state index contributed by atoms with van der Waals surface area (Å²) in [4.78, 5) is 18.4. The third-order valence-corrected chi connectivity index (χ3v) is 4.22. The van der Waals surface area contributed by atoms with Crippen molar-refractivity contribution in [2.24, 2.45) is 0 Å². The average Bonchev–Trinajstić information content (AvgIpc) is 2.83. The Morgan fingerprint density at radius 3 is 2.94 bits per heavy atom. The van der Waals surface area contributed by atoms with Gasteiger partial charge in [0, 0.05) is 24.2 Å². The summed E-state index contributed by atoms with van der Waals surface area (Å²) in [5.74, 6) is 0.769. The van der Waals surface area contributed by atoms with Crippen LogP contribution in [0, 0.1) is 0 Å². The van der Waals surface area contributed by atoms with Crippen molar-refractivity contribution in [2.75, 3.05) is 11.4 Å². The minimum Gasteiger partial charge on any atom is -0.351 e. The van der Waals surface area contributed by atoms with Crippen molar-refractivity contribution in [1.82, 2.24) is 10.3 Å². The number of hydrogen-bond acceptors (Lipinski definition) is 3. The predicted molar refractivity (Wildman–Crippen MR) is 71.1 cm³/mol. The average molecular weight is 266 g/mol. The van der Waals surface area contributed by atoms with Gasteiger partial charge in [-0.25, -0.2) is 4.98 Å². The summed E-state index contributed by atoms with van der Waals surface area (Å²) in [5, 5.41) is 3.23. The lowest BCUT2D eigenvalue weighted by Crippen LogP contribution is -2.38. The molecule has 1 amide bonds. The van der Waals surface area contributed by atoms with Crippen molar-refractivity contribution < 1.29 is 4.79 Å². The third kappa shape index (κ3) is 1.67. The molecule has 1 aromatic rings. The summed E-state index contributed by atoms with van der Waals surface area (Å²) in [6.45, 7) is 5.85. The molecule has 96 valence electrons. The van der Waals surface area contributed by atoms with E-state index in [-0.39, 0.29) is 11.4 Å². The van der Waals surface area contributed by atoms with E-state index < -0.39 is 0 Å². The topological polar surface area (TPSA) is 45.2 Å². The first kappa shape index (κ1) is 11.8. The number of hydrogen-bond donors (Lipinski definition) is 1. The molecule has 3 rings (SSSR count). The van der Waals surface area contributed by atoms with Gasteiger partial charge in [-0.1, -0.05) is 11.6 Å². The van der Waals surface area contributed by atoms with Crippen molar-refractivity contribution >= 4 is 23.3 Å². The standard InChI is InChI=1S/C13H16ClN3O/c1-13(2)4-3-5-17(13)10-6-8-9(11(14)16-10)7-15-12(8)18/h6H,3-5,7H2,1-2H3,(H,15,18). The summed E-state index contributed by atoms with van der Waals surface area (Å²) in [6.07, 6.45) is 2.28. The van der Waals surface area contributed by atoms with Crippen LogP contribution in [0.2, 0.25) is 5.15 Å². The second-order valence-corrected chi connectivity index (χ2v) is 5.91. The summed E-state index contributed by atoms with van der Waals surface area (Å²) in [6, 6.07) is 1.87. The van der Waals surface area contributed by atoms with Crippen LogP contribution in [0.25, 0.3) is 0 Å². The lowest BCUT2D eigenvalue weighted by atomic mass is 10.0. The molecular formula is C13H16ClN3O. The number of nitrogens with zero attached hydrogens (tertiary/aromatic N) is 2. The van der Waals surface area contributed by atoms with Gasteiger partial charge in [0.1, 0.15) is 11.0 Å². The van der Waals surface area contributed by atoms with Gasteiger partial charge in [-0.2, -0.15) is 0 Å². The Hall–Kier alpha value is -1.29. The Morgan fingerprint density at radius 1 is 1.50 bits per heavy atom. The molecule has 0 bridgehead atoms. The lowest BCUT2D eigenvalue weighted by molar-refractivity contribution is 0.0965. The minimum atomic E-state index is -0.0486. The first-order valence-corrected chi connectivity index (χ1v) is 6.62. The maximum atomic E-state index is 11.7. The molecule has 0 aliphatic carbocycles. The highest BCUT2D eigenvalue weighted by molar-refractivity contribution is 6.31. The number of carbonyl (C=O) groups is 1. The summed E-state index contributed by atoms with van der Waals surface area (Å²) >= 11 is 6.18. The number of nitrogens with one attached hydrogen (secondary N) is 1. The fourth-order valence-electron chi connectivity index (χ4n) is 2.83. The van der Waals surface area contributed by atoms with Crippen LogP contribution in [-0.2, 0) is 6.54 Å². The van der Waals surface area contributed by atoms with Crippen LogP contribution in [0.4, 0.5) is 5.82 Å². The van der Waals surface area contributed by atoms with Crippen LogP contribution in [0.1, 0.15) is 42.6 Å². The maximum Gasteiger partial charge on any atom is 0.252 e. The first-order valence-electron chi connectivity index (χ1n) is 6.24. The van der Waals surface area contributed by atoms with Gasteiger partial charge in [0.25, 0.3) is 5.91 Å². The Bertz CT molecular complexity index is 527. The first-order chi connectivity index (χ1) is 8.49. The number of rotatable bonds is 1. The number of carbonyl (C=O) groups excluding carboxylic acids is 1. The molecule has 0 atom stereocenters. The van der Waals surface area contributed by atoms with Crippen LogP contribution in [0.5, 0.6) is 0 Å². The highest BCUT2D eigenvalue weighted by Crippen LogP contribution is 2.35. The number of halogens is 1. The number of anilines is 1. The highest BCUT2D eigenvalue weighted by Gasteiger charge is 2.34. The van der Waals surface area contributed by atoms with Gasteiger partial charge in [0.15, 0.2) is 0 Å². The number of aromatic nitrogens is 1. The molecule has 2 aliphatic rings. The van der Waals surface area contributed by atoms with E-state index >= 15 is 0 Å². The van der Waals surface area contributed by atoms with Crippen molar-refractivity contribution in [2.45, 2.75) is 38.8 Å². The van der Waals surface area contributed by atoms with E-state index in [1.54, 1.807) is 0 Å². The van der Waals surface area contributed by atoms with Crippen molar-refractivity contribution in [3.8, 4) is 0 Å². The molecule has 1 saturated heterocycles. The summed E-state index contributed by atoms with van der Waals surface area (Å²) in [7, 11) is 0. The quantitative estimate of drug-likeness (QED) is 0.793. The monoisotopic (exact) mass is 265 g/mol. The SMILES string of the molecule is CC1(C)CCCN1c1cc2c(c(Cl)n1)CNC2=O. The Balaban J connectivity index is 2.07. The second-order valence-electron chi connectivity index (χ2n) is 5.55. The molecule has 18 heavy (non-hydrogen) atoms. The zero-order valence-electron chi connectivity index (χ0n) is 10.6. The Labute approximate surface area is 111 Å². The van der Waals surface area contributed by atoms with Crippen LogP contribution in [-0.4, -0.2) is 23.0 Å². The van der Waals surface area contributed by atoms with Gasteiger partial charge in [0.05, 0.1) is 5.56 Å². The Morgan fingerprint density at radius 2 is 2.28 bits per heavy atom. The van der Waals surface area contributed by atoms with Gasteiger partial charge >= 0.3 is 0 Å². The fourth-order valence-corrected chi connectivity index (χ4v) is 3.09. The predicted octanol–water partition coefficient (Wildman–Crippen LogP) is 2.36. The molecule has 0 radical (unpaired) electrons. The molecule has 4 nitrogen and oxygen atoms in total. The van der Waals surface area contributed by atoms with E-state index in [1.807, 2.05) is 6.07 Å². The summed E-state index contributed by atoms with van der Waals surface area (Å²) < 4.78 is 0. The lowest BCUT2D eigenvalue weighted by Gasteiger charge is -2.33. The van der Waals surface area contributed by atoms with E-state index in [9.17, 15) is 4.79 Å². The zero-order chi connectivity index (χ0) is 12.9. The largest absolute Gasteiger partial charge is 0.351 e. The normalized spacial score (nSPS) is 21.1. The number of pyridine rings is 1. The molecule has 0 aromatic carbocycles. The molecule has 2 aliphatic heterocycles. The maximum absolute atomic E-state index is 11.7. The van der Waals surface area contributed by atoms with Crippen LogP contribution < -0.4 is 10.2 Å². The molecule has 0 unspecified atom stereocenters. The number of amides is 1.